The first-order valence-corrected chi connectivity index (χ1v) is 13.2. The number of fused-ring (bicyclic) bond motifs is 1. The number of nitrogens with one attached hydrogen (secondary N) is 2. The first kappa shape index (κ1) is 26.6. The molecule has 0 saturated heterocycles. The fraction of sp³-hybridized carbons (Fsp3) is 0.423. The normalized spacial score (nSPS) is 13.1. The van der Waals surface area contributed by atoms with Crippen molar-refractivity contribution in [3.05, 3.63) is 59.9 Å². The van der Waals surface area contributed by atoms with Gasteiger partial charge in [-0.1, -0.05) is 58.9 Å². The number of aromatic nitrogens is 2. The van der Waals surface area contributed by atoms with Gasteiger partial charge in [0.2, 0.25) is 10.0 Å². The largest absolute Gasteiger partial charge is 0.467 e. The lowest BCUT2D eigenvalue weighted by atomic mass is 9.82. The fourth-order valence-electron chi connectivity index (χ4n) is 3.62. The Morgan fingerprint density at radius 1 is 1.06 bits per heavy atom. The van der Waals surface area contributed by atoms with E-state index in [0.29, 0.717) is 11.3 Å². The highest BCUT2D eigenvalue weighted by Crippen LogP contribution is 2.27. The molecule has 1 atom stereocenters. The molecule has 0 saturated carbocycles. The summed E-state index contributed by atoms with van der Waals surface area (Å²) in [5, 5.41) is 3.89. The van der Waals surface area contributed by atoms with Gasteiger partial charge in [0.05, 0.1) is 24.1 Å². The second-order valence-corrected chi connectivity index (χ2v) is 11.2. The van der Waals surface area contributed by atoms with Crippen LogP contribution in [0.2, 0.25) is 0 Å². The average molecular weight is 499 g/mol. The number of carbonyl (C=O) groups excluding carboxylic acids is 1. The highest BCUT2D eigenvalue weighted by atomic mass is 32.2. The van der Waals surface area contributed by atoms with Crippen molar-refractivity contribution in [3.63, 3.8) is 0 Å². The molecule has 188 valence electrons. The summed E-state index contributed by atoms with van der Waals surface area (Å²) in [6.45, 7) is 10.1. The minimum Gasteiger partial charge on any atom is -0.467 e. The maximum absolute atomic E-state index is 12.9. The first-order chi connectivity index (χ1) is 16.5. The summed E-state index contributed by atoms with van der Waals surface area (Å²) in [5.74, 6) is 0.268. The van der Waals surface area contributed by atoms with Crippen molar-refractivity contribution >= 4 is 32.7 Å². The summed E-state index contributed by atoms with van der Waals surface area (Å²) in [6.07, 6.45) is 0.945. The number of benzene rings is 2. The van der Waals surface area contributed by atoms with Crippen LogP contribution < -0.4 is 10.0 Å². The molecule has 3 rings (SSSR count). The Labute approximate surface area is 207 Å². The van der Waals surface area contributed by atoms with E-state index in [-0.39, 0.29) is 28.6 Å². The molecule has 0 fully saturated rings. The maximum Gasteiger partial charge on any atom is 0.328 e. The van der Waals surface area contributed by atoms with Crippen molar-refractivity contribution in [2.45, 2.75) is 63.9 Å². The zero-order valence-corrected chi connectivity index (χ0v) is 21.9. The second kappa shape index (κ2) is 10.7. The molecule has 35 heavy (non-hydrogen) atoms. The van der Waals surface area contributed by atoms with Crippen LogP contribution in [0.5, 0.6) is 0 Å². The van der Waals surface area contributed by atoms with Crippen LogP contribution in [-0.2, 0) is 31.5 Å². The molecule has 2 aromatic carbocycles. The SMILES string of the molecule is CCC(C)(C)c1ccc(S(=O)(=O)NCc2nc(N[C@H](C(=O)OC)C(C)C)c3ccccc3n2)cc1. The maximum atomic E-state index is 12.9. The van der Waals surface area contributed by atoms with Gasteiger partial charge >= 0.3 is 5.97 Å². The van der Waals surface area contributed by atoms with Crippen molar-refractivity contribution in [2.24, 2.45) is 5.92 Å². The molecule has 8 nitrogen and oxygen atoms in total. The lowest BCUT2D eigenvalue weighted by molar-refractivity contribution is -0.142. The van der Waals surface area contributed by atoms with Gasteiger partial charge in [-0.3, -0.25) is 0 Å². The minimum absolute atomic E-state index is 0.0316. The molecular formula is C26H34N4O4S. The average Bonchev–Trinajstić information content (AvgIpc) is 2.85. The van der Waals surface area contributed by atoms with Crippen molar-refractivity contribution in [2.75, 3.05) is 12.4 Å². The summed E-state index contributed by atoms with van der Waals surface area (Å²) >= 11 is 0. The Hall–Kier alpha value is -3.04. The summed E-state index contributed by atoms with van der Waals surface area (Å²) in [5.41, 5.74) is 1.69. The third kappa shape index (κ3) is 6.15. The van der Waals surface area contributed by atoms with Crippen LogP contribution in [0, 0.1) is 5.92 Å². The van der Waals surface area contributed by atoms with Gasteiger partial charge in [0.1, 0.15) is 17.7 Å². The summed E-state index contributed by atoms with van der Waals surface area (Å²) in [6, 6.07) is 13.7. The Morgan fingerprint density at radius 2 is 1.71 bits per heavy atom. The number of sulfonamides is 1. The van der Waals surface area contributed by atoms with Crippen LogP contribution in [0.15, 0.2) is 53.4 Å². The molecule has 1 heterocycles. The van der Waals surface area contributed by atoms with E-state index >= 15 is 0 Å². The number of nitrogens with zero attached hydrogens (tertiary/aromatic N) is 2. The monoisotopic (exact) mass is 498 g/mol. The standard InChI is InChI=1S/C26H34N4O4S/c1-7-26(4,5)18-12-14-19(15-13-18)35(32,33)27-16-22-28-21-11-9-8-10-20(21)24(29-22)30-23(17(2)3)25(31)34-6/h8-15,17,23,27H,7,16H2,1-6H3,(H,28,29,30)/t23-/m0/s1. The van der Waals surface area contributed by atoms with Gasteiger partial charge in [0.25, 0.3) is 0 Å². The van der Waals surface area contributed by atoms with Crippen molar-refractivity contribution in [3.8, 4) is 0 Å². The lowest BCUT2D eigenvalue weighted by Crippen LogP contribution is -2.36. The number of methoxy groups -OCH3 is 1. The molecule has 3 aromatic rings. The van der Waals surface area contributed by atoms with E-state index in [0.717, 1.165) is 17.4 Å². The second-order valence-electron chi connectivity index (χ2n) is 9.48. The Morgan fingerprint density at radius 3 is 2.31 bits per heavy atom. The number of esters is 1. The van der Waals surface area contributed by atoms with E-state index in [2.05, 4.69) is 40.8 Å². The number of ether oxygens (including phenoxy) is 1. The molecule has 1 aromatic heterocycles. The van der Waals surface area contributed by atoms with E-state index < -0.39 is 22.0 Å². The van der Waals surface area contributed by atoms with Gasteiger partial charge in [-0.25, -0.2) is 27.9 Å². The van der Waals surface area contributed by atoms with E-state index in [4.69, 9.17) is 4.74 Å². The summed E-state index contributed by atoms with van der Waals surface area (Å²) in [4.78, 5) is 21.5. The van der Waals surface area contributed by atoms with Crippen LogP contribution in [0.1, 0.15) is 52.4 Å². The van der Waals surface area contributed by atoms with Gasteiger partial charge < -0.3 is 10.1 Å². The number of rotatable bonds is 10. The molecule has 0 unspecified atom stereocenters. The molecule has 0 aliphatic carbocycles. The van der Waals surface area contributed by atoms with Gasteiger partial charge in [0.15, 0.2) is 0 Å². The van der Waals surface area contributed by atoms with Crippen LogP contribution in [0.25, 0.3) is 10.9 Å². The topological polar surface area (TPSA) is 110 Å². The van der Waals surface area contributed by atoms with Gasteiger partial charge in [0, 0.05) is 5.39 Å². The third-order valence-corrected chi connectivity index (χ3v) is 7.73. The van der Waals surface area contributed by atoms with Crippen LogP contribution in [0.3, 0.4) is 0 Å². The predicted octanol–water partition coefficient (Wildman–Crippen LogP) is 4.41. The highest BCUT2D eigenvalue weighted by Gasteiger charge is 2.25. The fourth-order valence-corrected chi connectivity index (χ4v) is 4.60. The Balaban J connectivity index is 1.87. The third-order valence-electron chi connectivity index (χ3n) is 6.31. The van der Waals surface area contributed by atoms with E-state index in [1.807, 2.05) is 50.2 Å². The smallest absolute Gasteiger partial charge is 0.328 e. The zero-order valence-electron chi connectivity index (χ0n) is 21.1. The number of hydrogen-bond acceptors (Lipinski definition) is 7. The van der Waals surface area contributed by atoms with Crippen LogP contribution in [0.4, 0.5) is 5.82 Å². The van der Waals surface area contributed by atoms with E-state index in [9.17, 15) is 13.2 Å². The van der Waals surface area contributed by atoms with E-state index in [1.165, 1.54) is 7.11 Å². The summed E-state index contributed by atoms with van der Waals surface area (Å²) in [7, 11) is -2.43. The molecular weight excluding hydrogens is 464 g/mol. The molecule has 0 amide bonds. The first-order valence-electron chi connectivity index (χ1n) is 11.7. The number of para-hydroxylation sites is 1. The van der Waals surface area contributed by atoms with Crippen molar-refractivity contribution in [1.29, 1.82) is 0 Å². The summed E-state index contributed by atoms with van der Waals surface area (Å²) < 4.78 is 33.4. The molecule has 2 N–H and O–H groups in total. The minimum atomic E-state index is -3.77. The van der Waals surface area contributed by atoms with Crippen LogP contribution in [-0.4, -0.2) is 37.5 Å². The van der Waals surface area contributed by atoms with Crippen molar-refractivity contribution < 1.29 is 17.9 Å². The van der Waals surface area contributed by atoms with Gasteiger partial charge in [-0.15, -0.1) is 0 Å². The zero-order chi connectivity index (χ0) is 25.8. The lowest BCUT2D eigenvalue weighted by Gasteiger charge is -2.23. The van der Waals surface area contributed by atoms with Gasteiger partial charge in [-0.2, -0.15) is 0 Å². The predicted molar refractivity (Wildman–Crippen MR) is 138 cm³/mol. The molecule has 0 bridgehead atoms. The molecule has 0 spiro atoms. The van der Waals surface area contributed by atoms with E-state index in [1.54, 1.807) is 12.1 Å². The molecule has 0 aliphatic heterocycles. The molecule has 0 aliphatic rings. The highest BCUT2D eigenvalue weighted by molar-refractivity contribution is 7.89. The van der Waals surface area contributed by atoms with Gasteiger partial charge in [-0.05, 0) is 47.6 Å². The Bertz CT molecular complexity index is 1290. The number of anilines is 1. The number of carbonyl (C=O) groups is 1. The van der Waals surface area contributed by atoms with Crippen LogP contribution >= 0.6 is 0 Å². The number of hydrogen-bond donors (Lipinski definition) is 2. The Kier molecular flexibility index (Phi) is 8.12. The quantitative estimate of drug-likeness (QED) is 0.399. The van der Waals surface area contributed by atoms with Crippen molar-refractivity contribution in [1.82, 2.24) is 14.7 Å². The molecule has 0 radical (unpaired) electrons. The molecule has 9 heteroatoms.